The smallest absolute Gasteiger partial charge is 0.407 e. The molecule has 0 spiro atoms. The summed E-state index contributed by atoms with van der Waals surface area (Å²) in [5.41, 5.74) is -0.894. The standard InChI is InChI=1S/C17H26FNO4/c1-16(2,3)23-15(21)19-10-17(4,11-20)9-12-7-6-8-13(22-5)14(12)18/h6-8,20H,9-11H2,1-5H3,(H,19,21). The van der Waals surface area contributed by atoms with E-state index in [0.717, 1.165) is 0 Å². The van der Waals surface area contributed by atoms with Crippen molar-refractivity contribution in [2.45, 2.75) is 39.7 Å². The molecule has 6 heteroatoms. The van der Waals surface area contributed by atoms with Gasteiger partial charge in [0.25, 0.3) is 0 Å². The number of hydrogen-bond donors (Lipinski definition) is 2. The zero-order valence-electron chi connectivity index (χ0n) is 14.4. The Morgan fingerprint density at radius 1 is 1.30 bits per heavy atom. The Balaban J connectivity index is 2.76. The van der Waals surface area contributed by atoms with Crippen molar-refractivity contribution in [1.29, 1.82) is 0 Å². The fourth-order valence-corrected chi connectivity index (χ4v) is 2.08. The molecule has 0 aromatic heterocycles. The van der Waals surface area contributed by atoms with Gasteiger partial charge in [-0.05, 0) is 38.8 Å². The van der Waals surface area contributed by atoms with Crippen LogP contribution in [0.5, 0.6) is 5.75 Å². The Hall–Kier alpha value is -1.82. The molecular formula is C17H26FNO4. The lowest BCUT2D eigenvalue weighted by atomic mass is 9.84. The van der Waals surface area contributed by atoms with Crippen molar-refractivity contribution < 1.29 is 23.8 Å². The molecule has 23 heavy (non-hydrogen) atoms. The molecular weight excluding hydrogens is 301 g/mol. The fraction of sp³-hybridized carbons (Fsp3) is 0.588. The minimum Gasteiger partial charge on any atom is -0.494 e. The summed E-state index contributed by atoms with van der Waals surface area (Å²) in [6, 6.07) is 4.86. The Morgan fingerprint density at radius 3 is 2.48 bits per heavy atom. The summed E-state index contributed by atoms with van der Waals surface area (Å²) in [5, 5.41) is 12.3. The Labute approximate surface area is 136 Å². The first-order valence-electron chi connectivity index (χ1n) is 7.49. The molecule has 0 fully saturated rings. The van der Waals surface area contributed by atoms with Gasteiger partial charge in [0, 0.05) is 12.0 Å². The van der Waals surface area contributed by atoms with E-state index in [1.165, 1.54) is 13.2 Å². The van der Waals surface area contributed by atoms with Crippen LogP contribution in [0.4, 0.5) is 9.18 Å². The molecule has 0 aliphatic carbocycles. The number of ether oxygens (including phenoxy) is 2. The number of carbonyl (C=O) groups is 1. The van der Waals surface area contributed by atoms with Gasteiger partial charge in [0.15, 0.2) is 11.6 Å². The van der Waals surface area contributed by atoms with Crippen LogP contribution >= 0.6 is 0 Å². The molecule has 1 rings (SSSR count). The molecule has 1 amide bonds. The SMILES string of the molecule is COc1cccc(CC(C)(CO)CNC(=O)OC(C)(C)C)c1F. The molecule has 2 N–H and O–H groups in total. The van der Waals surface area contributed by atoms with E-state index in [0.29, 0.717) is 5.56 Å². The van der Waals surface area contributed by atoms with Crippen molar-refractivity contribution >= 4 is 6.09 Å². The molecule has 1 aromatic carbocycles. The average molecular weight is 327 g/mol. The number of nitrogens with one attached hydrogen (secondary N) is 1. The molecule has 1 unspecified atom stereocenters. The van der Waals surface area contributed by atoms with Crippen molar-refractivity contribution in [3.8, 4) is 5.75 Å². The minimum absolute atomic E-state index is 0.155. The monoisotopic (exact) mass is 327 g/mol. The molecule has 5 nitrogen and oxygen atoms in total. The fourth-order valence-electron chi connectivity index (χ4n) is 2.08. The number of alkyl carbamates (subject to hydrolysis) is 1. The van der Waals surface area contributed by atoms with Crippen LogP contribution in [0.25, 0.3) is 0 Å². The third-order valence-electron chi connectivity index (χ3n) is 3.32. The summed E-state index contributed by atoms with van der Waals surface area (Å²) < 4.78 is 24.4. The normalized spacial score (nSPS) is 14.0. The van der Waals surface area contributed by atoms with E-state index < -0.39 is 22.9 Å². The van der Waals surface area contributed by atoms with Gasteiger partial charge in [-0.15, -0.1) is 0 Å². The number of carbonyl (C=O) groups excluding carboxylic acids is 1. The Morgan fingerprint density at radius 2 is 1.96 bits per heavy atom. The highest BCUT2D eigenvalue weighted by molar-refractivity contribution is 5.67. The van der Waals surface area contributed by atoms with Gasteiger partial charge in [0.1, 0.15) is 5.60 Å². The zero-order valence-corrected chi connectivity index (χ0v) is 14.4. The van der Waals surface area contributed by atoms with E-state index in [4.69, 9.17) is 9.47 Å². The number of hydrogen-bond acceptors (Lipinski definition) is 4. The van der Waals surface area contributed by atoms with E-state index >= 15 is 0 Å². The van der Waals surface area contributed by atoms with E-state index in [-0.39, 0.29) is 25.3 Å². The Bertz CT molecular complexity index is 542. The summed E-state index contributed by atoms with van der Waals surface area (Å²) in [6.07, 6.45) is -0.314. The second-order valence-corrected chi connectivity index (χ2v) is 6.93. The van der Waals surface area contributed by atoms with Crippen LogP contribution in [-0.4, -0.2) is 37.1 Å². The summed E-state index contributed by atoms with van der Waals surface area (Å²) >= 11 is 0. The van der Waals surface area contributed by atoms with Crippen molar-refractivity contribution in [2.24, 2.45) is 5.41 Å². The predicted octanol–water partition coefficient (Wildman–Crippen LogP) is 2.90. The molecule has 130 valence electrons. The van der Waals surface area contributed by atoms with Gasteiger partial charge >= 0.3 is 6.09 Å². The third-order valence-corrected chi connectivity index (χ3v) is 3.32. The molecule has 1 aromatic rings. The molecule has 0 saturated heterocycles. The maximum atomic E-state index is 14.2. The van der Waals surface area contributed by atoms with Gasteiger partial charge in [0.2, 0.25) is 0 Å². The van der Waals surface area contributed by atoms with Gasteiger partial charge < -0.3 is 19.9 Å². The lowest BCUT2D eigenvalue weighted by Gasteiger charge is -2.29. The lowest BCUT2D eigenvalue weighted by Crippen LogP contribution is -2.42. The van der Waals surface area contributed by atoms with E-state index in [2.05, 4.69) is 5.32 Å². The molecule has 0 saturated carbocycles. The van der Waals surface area contributed by atoms with E-state index in [9.17, 15) is 14.3 Å². The third kappa shape index (κ3) is 6.06. The topological polar surface area (TPSA) is 67.8 Å². The van der Waals surface area contributed by atoms with Gasteiger partial charge in [-0.3, -0.25) is 0 Å². The molecule has 0 aliphatic heterocycles. The first kappa shape index (κ1) is 19.2. The van der Waals surface area contributed by atoms with Gasteiger partial charge in [-0.25, -0.2) is 9.18 Å². The maximum absolute atomic E-state index is 14.2. The van der Waals surface area contributed by atoms with Crippen molar-refractivity contribution in [2.75, 3.05) is 20.3 Å². The number of halogens is 1. The van der Waals surface area contributed by atoms with E-state index in [1.54, 1.807) is 39.8 Å². The first-order chi connectivity index (χ1) is 10.6. The second-order valence-electron chi connectivity index (χ2n) is 6.93. The van der Waals surface area contributed by atoms with Crippen LogP contribution < -0.4 is 10.1 Å². The molecule has 1 atom stereocenters. The van der Waals surface area contributed by atoms with Crippen LogP contribution in [0, 0.1) is 11.2 Å². The van der Waals surface area contributed by atoms with Crippen LogP contribution in [0.1, 0.15) is 33.3 Å². The average Bonchev–Trinajstić information content (AvgIpc) is 2.46. The van der Waals surface area contributed by atoms with Crippen molar-refractivity contribution in [3.05, 3.63) is 29.6 Å². The summed E-state index contributed by atoms with van der Waals surface area (Å²) in [6.45, 7) is 7.02. The first-order valence-corrected chi connectivity index (χ1v) is 7.49. The van der Waals surface area contributed by atoms with Crippen molar-refractivity contribution in [1.82, 2.24) is 5.32 Å². The van der Waals surface area contributed by atoms with Crippen LogP contribution in [0.15, 0.2) is 18.2 Å². The summed E-state index contributed by atoms with van der Waals surface area (Å²) in [5.74, 6) is -0.296. The lowest BCUT2D eigenvalue weighted by molar-refractivity contribution is 0.0478. The zero-order chi connectivity index (χ0) is 17.7. The molecule has 0 aliphatic rings. The maximum Gasteiger partial charge on any atom is 0.407 e. The molecule has 0 radical (unpaired) electrons. The molecule has 0 bridgehead atoms. The van der Waals surface area contributed by atoms with Gasteiger partial charge in [-0.2, -0.15) is 0 Å². The highest BCUT2D eigenvalue weighted by Crippen LogP contribution is 2.27. The number of amides is 1. The van der Waals surface area contributed by atoms with Gasteiger partial charge in [0.05, 0.1) is 13.7 Å². The number of methoxy groups -OCH3 is 1. The van der Waals surface area contributed by atoms with E-state index in [1.807, 2.05) is 0 Å². The number of aliphatic hydroxyl groups is 1. The van der Waals surface area contributed by atoms with Crippen molar-refractivity contribution in [3.63, 3.8) is 0 Å². The number of aliphatic hydroxyl groups excluding tert-OH is 1. The minimum atomic E-state index is -0.718. The van der Waals surface area contributed by atoms with Crippen LogP contribution in [-0.2, 0) is 11.2 Å². The highest BCUT2D eigenvalue weighted by Gasteiger charge is 2.28. The molecule has 0 heterocycles. The highest BCUT2D eigenvalue weighted by atomic mass is 19.1. The Kier molecular flexibility index (Phi) is 6.38. The second kappa shape index (κ2) is 7.64. The van der Waals surface area contributed by atoms with Crippen LogP contribution in [0.2, 0.25) is 0 Å². The summed E-state index contributed by atoms with van der Waals surface area (Å²) in [4.78, 5) is 11.7. The number of rotatable bonds is 6. The largest absolute Gasteiger partial charge is 0.494 e. The quantitative estimate of drug-likeness (QED) is 0.843. The van der Waals surface area contributed by atoms with Gasteiger partial charge in [-0.1, -0.05) is 19.1 Å². The van der Waals surface area contributed by atoms with Crippen LogP contribution in [0.3, 0.4) is 0 Å². The predicted molar refractivity (Wildman–Crippen MR) is 86.1 cm³/mol. The number of benzene rings is 1. The summed E-state index contributed by atoms with van der Waals surface area (Å²) in [7, 11) is 1.40.